The van der Waals surface area contributed by atoms with Gasteiger partial charge in [0.25, 0.3) is 5.79 Å². The van der Waals surface area contributed by atoms with Crippen molar-refractivity contribution in [3.63, 3.8) is 0 Å². The third-order valence-corrected chi connectivity index (χ3v) is 3.93. The summed E-state index contributed by atoms with van der Waals surface area (Å²) in [5.74, 6) is -4.76. The van der Waals surface area contributed by atoms with Gasteiger partial charge in [0, 0.05) is 27.4 Å². The maximum Gasteiger partial charge on any atom is 0.364 e. The van der Waals surface area contributed by atoms with Crippen LogP contribution < -0.4 is 10.6 Å². The number of aliphatic hydroxyl groups is 3. The van der Waals surface area contributed by atoms with E-state index in [1.165, 1.54) is 13.8 Å². The van der Waals surface area contributed by atoms with Gasteiger partial charge in [-0.05, 0) is 0 Å². The lowest BCUT2D eigenvalue weighted by Gasteiger charge is -2.47. The zero-order chi connectivity index (χ0) is 19.4. The summed E-state index contributed by atoms with van der Waals surface area (Å²) in [4.78, 5) is 34.6. The number of carboxylic acid groups (broad SMARTS) is 1. The highest BCUT2D eigenvalue weighted by atomic mass is 16.7. The fourth-order valence-electron chi connectivity index (χ4n) is 2.77. The van der Waals surface area contributed by atoms with E-state index in [0.717, 1.165) is 7.11 Å². The summed E-state index contributed by atoms with van der Waals surface area (Å²) in [5, 5.41) is 43.4. The molecule has 25 heavy (non-hydrogen) atoms. The second-order valence-electron chi connectivity index (χ2n) is 5.82. The summed E-state index contributed by atoms with van der Waals surface area (Å²) in [7, 11) is 1.07. The molecule has 6 N–H and O–H groups in total. The monoisotopic (exact) mass is 364 g/mol. The van der Waals surface area contributed by atoms with Gasteiger partial charge in [-0.15, -0.1) is 0 Å². The van der Waals surface area contributed by atoms with Crippen LogP contribution in [0, 0.1) is 0 Å². The molecule has 6 atom stereocenters. The van der Waals surface area contributed by atoms with E-state index >= 15 is 0 Å². The predicted octanol–water partition coefficient (Wildman–Crippen LogP) is -3.07. The highest BCUT2D eigenvalue weighted by Crippen LogP contribution is 2.33. The molecule has 1 fully saturated rings. The summed E-state index contributed by atoms with van der Waals surface area (Å²) in [6, 6.07) is -2.04. The number of aliphatic carboxylic acids is 1. The maximum atomic E-state index is 11.6. The van der Waals surface area contributed by atoms with E-state index in [9.17, 15) is 29.7 Å². The van der Waals surface area contributed by atoms with Crippen LogP contribution in [0.1, 0.15) is 20.3 Å². The number of carbonyl (C=O) groups excluding carboxylic acids is 2. The molecule has 11 heteroatoms. The Labute approximate surface area is 143 Å². The molecular formula is C14H24N2O9. The molecule has 1 rings (SSSR count). The molecule has 0 aromatic heterocycles. The largest absolute Gasteiger partial charge is 0.477 e. The highest BCUT2D eigenvalue weighted by Gasteiger charge is 2.55. The first-order valence-corrected chi connectivity index (χ1v) is 7.55. The van der Waals surface area contributed by atoms with Crippen LogP contribution in [0.5, 0.6) is 0 Å². The summed E-state index contributed by atoms with van der Waals surface area (Å²) < 4.78 is 10.3. The first-order chi connectivity index (χ1) is 11.6. The van der Waals surface area contributed by atoms with Crippen LogP contribution in [0.25, 0.3) is 0 Å². The van der Waals surface area contributed by atoms with Gasteiger partial charge >= 0.3 is 5.97 Å². The third-order valence-electron chi connectivity index (χ3n) is 3.93. The van der Waals surface area contributed by atoms with E-state index in [-0.39, 0.29) is 6.42 Å². The van der Waals surface area contributed by atoms with Gasteiger partial charge in [-0.25, -0.2) is 4.79 Å². The second kappa shape index (κ2) is 8.54. The van der Waals surface area contributed by atoms with Crippen LogP contribution in [0.2, 0.25) is 0 Å². The molecule has 0 bridgehead atoms. The number of methoxy groups -OCH3 is 1. The van der Waals surface area contributed by atoms with Crippen molar-refractivity contribution >= 4 is 17.8 Å². The molecule has 0 spiro atoms. The lowest BCUT2D eigenvalue weighted by Crippen LogP contribution is -2.70. The molecule has 0 radical (unpaired) electrons. The molecule has 0 saturated carbocycles. The number of ether oxygens (including phenoxy) is 2. The normalized spacial score (nSPS) is 31.7. The first kappa shape index (κ1) is 21.3. The van der Waals surface area contributed by atoms with Crippen molar-refractivity contribution in [3.8, 4) is 0 Å². The van der Waals surface area contributed by atoms with Crippen molar-refractivity contribution in [3.05, 3.63) is 0 Å². The SMILES string of the molecule is CO[C@]1(C(=O)O)C[C@H](NC(C)=O)[C@@H](NC(C)=O)[C@H]([C@H](O)[C@H](O)CO)O1. The molecule has 1 saturated heterocycles. The van der Waals surface area contributed by atoms with Crippen molar-refractivity contribution < 1.29 is 44.3 Å². The zero-order valence-electron chi connectivity index (χ0n) is 14.1. The third kappa shape index (κ3) is 4.86. The van der Waals surface area contributed by atoms with Crippen LogP contribution in [0.4, 0.5) is 0 Å². The number of carboxylic acids is 1. The minimum Gasteiger partial charge on any atom is -0.477 e. The molecule has 1 aliphatic heterocycles. The second-order valence-corrected chi connectivity index (χ2v) is 5.82. The van der Waals surface area contributed by atoms with Crippen LogP contribution in [-0.4, -0.2) is 88.1 Å². The van der Waals surface area contributed by atoms with E-state index in [4.69, 9.17) is 14.6 Å². The number of hydrogen-bond donors (Lipinski definition) is 6. The van der Waals surface area contributed by atoms with E-state index in [0.29, 0.717) is 0 Å². The average molecular weight is 364 g/mol. The predicted molar refractivity (Wildman–Crippen MR) is 81.2 cm³/mol. The highest BCUT2D eigenvalue weighted by molar-refractivity contribution is 5.78. The van der Waals surface area contributed by atoms with Crippen molar-refractivity contribution in [1.29, 1.82) is 0 Å². The number of carbonyl (C=O) groups is 3. The van der Waals surface area contributed by atoms with E-state index in [2.05, 4.69) is 10.6 Å². The fraction of sp³-hybridized carbons (Fsp3) is 0.786. The van der Waals surface area contributed by atoms with Crippen molar-refractivity contribution in [2.75, 3.05) is 13.7 Å². The molecule has 0 aromatic carbocycles. The van der Waals surface area contributed by atoms with Gasteiger partial charge in [0.1, 0.15) is 18.3 Å². The minimum atomic E-state index is -2.22. The van der Waals surface area contributed by atoms with Crippen LogP contribution in [0.15, 0.2) is 0 Å². The zero-order valence-corrected chi connectivity index (χ0v) is 14.1. The summed E-state index contributed by atoms with van der Waals surface area (Å²) in [5.41, 5.74) is 0. The number of hydrogen-bond acceptors (Lipinski definition) is 8. The van der Waals surface area contributed by atoms with Crippen molar-refractivity contribution in [1.82, 2.24) is 10.6 Å². The van der Waals surface area contributed by atoms with Gasteiger partial charge in [0.2, 0.25) is 11.8 Å². The Morgan fingerprint density at radius 1 is 1.24 bits per heavy atom. The summed E-state index contributed by atoms with van der Waals surface area (Å²) in [6.45, 7) is 1.56. The Balaban J connectivity index is 3.33. The Morgan fingerprint density at radius 2 is 1.80 bits per heavy atom. The van der Waals surface area contributed by atoms with E-state index in [1.807, 2.05) is 0 Å². The van der Waals surface area contributed by atoms with E-state index < -0.39 is 60.6 Å². The first-order valence-electron chi connectivity index (χ1n) is 7.55. The van der Waals surface area contributed by atoms with Crippen LogP contribution in [0.3, 0.4) is 0 Å². The number of rotatable bonds is 7. The Morgan fingerprint density at radius 3 is 2.20 bits per heavy atom. The Hall–Kier alpha value is -1.79. The molecule has 1 aliphatic rings. The molecule has 0 aliphatic carbocycles. The molecule has 0 aromatic rings. The van der Waals surface area contributed by atoms with E-state index in [1.54, 1.807) is 0 Å². The van der Waals surface area contributed by atoms with Crippen molar-refractivity contribution in [2.45, 2.75) is 56.5 Å². The average Bonchev–Trinajstić information content (AvgIpc) is 2.53. The summed E-state index contributed by atoms with van der Waals surface area (Å²) >= 11 is 0. The van der Waals surface area contributed by atoms with Gasteiger partial charge in [-0.3, -0.25) is 9.59 Å². The molecule has 11 nitrogen and oxygen atoms in total. The molecular weight excluding hydrogens is 340 g/mol. The standard InChI is InChI=1S/C14H24N2O9/c1-6(18)15-8-4-14(24-3,13(22)23)25-12(10(8)16-7(2)19)11(21)9(20)5-17/h8-12,17,20-21H,4-5H2,1-3H3,(H,15,18)(H,16,19)(H,22,23)/t8-,9+,10+,11+,12+,14+/m0/s1. The molecule has 0 unspecified atom stereocenters. The van der Waals surface area contributed by atoms with Gasteiger partial charge in [-0.2, -0.15) is 0 Å². The van der Waals surface area contributed by atoms with Gasteiger partial charge in [0.05, 0.1) is 18.7 Å². The Kier molecular flexibility index (Phi) is 7.26. The van der Waals surface area contributed by atoms with Gasteiger partial charge in [-0.1, -0.05) is 0 Å². The number of aliphatic hydroxyl groups excluding tert-OH is 3. The number of nitrogens with one attached hydrogen (secondary N) is 2. The van der Waals surface area contributed by atoms with Crippen LogP contribution in [-0.2, 0) is 23.9 Å². The summed E-state index contributed by atoms with van der Waals surface area (Å²) in [6.07, 6.45) is -5.26. The smallest absolute Gasteiger partial charge is 0.364 e. The molecule has 2 amide bonds. The maximum absolute atomic E-state index is 11.6. The van der Waals surface area contributed by atoms with Gasteiger partial charge in [0.15, 0.2) is 0 Å². The van der Waals surface area contributed by atoms with Gasteiger partial charge < -0.3 is 40.5 Å². The quantitative estimate of drug-likeness (QED) is 0.274. The topological polar surface area (TPSA) is 175 Å². The fourth-order valence-corrected chi connectivity index (χ4v) is 2.77. The van der Waals surface area contributed by atoms with Crippen molar-refractivity contribution in [2.24, 2.45) is 0 Å². The number of amides is 2. The van der Waals surface area contributed by atoms with Crippen LogP contribution >= 0.6 is 0 Å². The Bertz CT molecular complexity index is 515. The lowest BCUT2D eigenvalue weighted by molar-refractivity contribution is -0.293. The molecule has 1 heterocycles. The lowest BCUT2D eigenvalue weighted by atomic mass is 9.86. The minimum absolute atomic E-state index is 0.359. The molecule has 144 valence electrons.